The highest BCUT2D eigenvalue weighted by atomic mass is 19.1. The molecule has 1 atom stereocenters. The van der Waals surface area contributed by atoms with E-state index in [2.05, 4.69) is 10.2 Å². The Hall–Kier alpha value is -3.46. The summed E-state index contributed by atoms with van der Waals surface area (Å²) < 4.78 is 21.5. The number of unbranched alkanes of at least 4 members (excludes halogenated alkanes) is 2. The molecule has 2 heterocycles. The third-order valence-electron chi connectivity index (χ3n) is 8.03. The van der Waals surface area contributed by atoms with Crippen molar-refractivity contribution in [3.8, 4) is 5.75 Å². The van der Waals surface area contributed by atoms with E-state index in [4.69, 9.17) is 4.74 Å². The van der Waals surface area contributed by atoms with Crippen LogP contribution in [0.1, 0.15) is 82.9 Å². The number of benzene rings is 2. The second-order valence-electron chi connectivity index (χ2n) is 12.8. The van der Waals surface area contributed by atoms with Gasteiger partial charge in [0.2, 0.25) is 11.8 Å². The van der Waals surface area contributed by atoms with Crippen molar-refractivity contribution in [2.45, 2.75) is 84.2 Å². The molecule has 2 aromatic carbocycles. The predicted octanol–water partition coefficient (Wildman–Crippen LogP) is 5.39. The van der Waals surface area contributed by atoms with E-state index in [1.807, 2.05) is 26.8 Å². The molecule has 2 saturated heterocycles. The van der Waals surface area contributed by atoms with Gasteiger partial charge in [0.25, 0.3) is 5.91 Å². The Bertz CT molecular complexity index is 1270. The number of ether oxygens (including phenoxy) is 1. The minimum absolute atomic E-state index is 0.0667. The van der Waals surface area contributed by atoms with Gasteiger partial charge in [-0.2, -0.15) is 0 Å². The zero-order valence-corrected chi connectivity index (χ0v) is 26.2. The third-order valence-corrected chi connectivity index (χ3v) is 8.03. The van der Waals surface area contributed by atoms with Crippen molar-refractivity contribution >= 4 is 23.4 Å². The first kappa shape index (κ1) is 32.5. The van der Waals surface area contributed by atoms with Crippen LogP contribution >= 0.6 is 0 Å². The zero-order chi connectivity index (χ0) is 31.0. The highest BCUT2D eigenvalue weighted by Gasteiger charge is 2.35. The summed E-state index contributed by atoms with van der Waals surface area (Å²) in [7, 11) is 0. The fourth-order valence-electron chi connectivity index (χ4n) is 5.86. The van der Waals surface area contributed by atoms with Gasteiger partial charge in [0.05, 0.1) is 0 Å². The van der Waals surface area contributed by atoms with Crippen LogP contribution in [0.25, 0.3) is 0 Å². The summed E-state index contributed by atoms with van der Waals surface area (Å²) in [4.78, 5) is 45.6. The predicted molar refractivity (Wildman–Crippen MR) is 167 cm³/mol. The van der Waals surface area contributed by atoms with Crippen LogP contribution in [0.5, 0.6) is 5.75 Å². The van der Waals surface area contributed by atoms with Crippen LogP contribution in [0.2, 0.25) is 0 Å². The van der Waals surface area contributed by atoms with Gasteiger partial charge < -0.3 is 24.8 Å². The Morgan fingerprint density at radius 2 is 1.77 bits per heavy atom. The van der Waals surface area contributed by atoms with Gasteiger partial charge >= 0.3 is 0 Å². The maximum absolute atomic E-state index is 15.6. The van der Waals surface area contributed by atoms with E-state index in [0.29, 0.717) is 37.2 Å². The highest BCUT2D eigenvalue weighted by molar-refractivity contribution is 5.95. The van der Waals surface area contributed by atoms with Crippen LogP contribution in [-0.2, 0) is 14.4 Å². The molecule has 2 aliphatic heterocycles. The van der Waals surface area contributed by atoms with E-state index in [-0.39, 0.29) is 18.1 Å². The first-order valence-corrected chi connectivity index (χ1v) is 15.7. The molecule has 2 fully saturated rings. The lowest BCUT2D eigenvalue weighted by molar-refractivity contribution is -0.143. The summed E-state index contributed by atoms with van der Waals surface area (Å²) in [5, 5.41) is 2.97. The molecule has 1 unspecified atom stereocenters. The van der Waals surface area contributed by atoms with Crippen LogP contribution in [-0.4, -0.2) is 72.4 Å². The van der Waals surface area contributed by atoms with Crippen LogP contribution in [0.15, 0.2) is 42.5 Å². The molecule has 2 aliphatic rings. The first-order chi connectivity index (χ1) is 20.5. The lowest BCUT2D eigenvalue weighted by atomic mass is 9.98. The molecule has 234 valence electrons. The maximum atomic E-state index is 15.6. The second-order valence-corrected chi connectivity index (χ2v) is 12.8. The van der Waals surface area contributed by atoms with Crippen molar-refractivity contribution in [2.75, 3.05) is 44.2 Å². The van der Waals surface area contributed by atoms with Crippen LogP contribution in [0.4, 0.5) is 10.1 Å². The molecular formula is C34H47FN4O4. The molecule has 0 aromatic heterocycles. The lowest BCUT2D eigenvalue weighted by Gasteiger charge is -2.34. The van der Waals surface area contributed by atoms with Gasteiger partial charge in [-0.15, -0.1) is 0 Å². The zero-order valence-electron chi connectivity index (χ0n) is 26.2. The van der Waals surface area contributed by atoms with E-state index in [1.165, 1.54) is 17.7 Å². The molecule has 43 heavy (non-hydrogen) atoms. The molecule has 0 spiro atoms. The Morgan fingerprint density at radius 1 is 1.02 bits per heavy atom. The molecule has 0 saturated carbocycles. The second kappa shape index (κ2) is 14.8. The van der Waals surface area contributed by atoms with Gasteiger partial charge in [-0.3, -0.25) is 14.4 Å². The normalized spacial score (nSPS) is 16.4. The number of carbonyl (C=O) groups excluding carboxylic acids is 3. The third kappa shape index (κ3) is 9.02. The minimum Gasteiger partial charge on any atom is -0.484 e. The summed E-state index contributed by atoms with van der Waals surface area (Å²) in [6.07, 6.45) is 6.37. The standard InChI is InChI=1S/C34H47FN4O4/c1-25-13-10-16-28(31(25)35)32(33(42)36-34(2,3)4)39(21-7-5-6-18-37-19-8-9-20-37)30(41)24-43-27-15-11-14-26(23-27)38-22-12-17-29(38)40/h10-11,13-16,23,32H,5-9,12,17-22,24H2,1-4H3,(H,36,42). The Balaban J connectivity index is 1.54. The topological polar surface area (TPSA) is 82.2 Å². The van der Waals surface area contributed by atoms with Gasteiger partial charge in [-0.1, -0.05) is 30.7 Å². The summed E-state index contributed by atoms with van der Waals surface area (Å²) in [5.41, 5.74) is 0.728. The summed E-state index contributed by atoms with van der Waals surface area (Å²) in [5.74, 6) is -0.813. The van der Waals surface area contributed by atoms with Crippen molar-refractivity contribution in [1.82, 2.24) is 15.1 Å². The minimum atomic E-state index is -1.15. The SMILES string of the molecule is Cc1cccc(C(C(=O)NC(C)(C)C)N(CCCCCN2CCCC2)C(=O)COc2cccc(N3CCCC3=O)c2)c1F. The van der Waals surface area contributed by atoms with E-state index < -0.39 is 29.2 Å². The van der Waals surface area contributed by atoms with Crippen LogP contribution in [0.3, 0.4) is 0 Å². The van der Waals surface area contributed by atoms with Crippen molar-refractivity contribution in [3.05, 3.63) is 59.4 Å². The van der Waals surface area contributed by atoms with Gasteiger partial charge in [0.1, 0.15) is 17.6 Å². The molecule has 2 aromatic rings. The number of rotatable bonds is 13. The molecule has 3 amide bonds. The Morgan fingerprint density at radius 3 is 2.47 bits per heavy atom. The summed E-state index contributed by atoms with van der Waals surface area (Å²) in [6, 6.07) is 10.9. The number of carbonyl (C=O) groups is 3. The fraction of sp³-hybridized carbons (Fsp3) is 0.559. The average molecular weight is 595 g/mol. The smallest absolute Gasteiger partial charge is 0.261 e. The number of halogens is 1. The van der Waals surface area contributed by atoms with Gasteiger partial charge in [-0.05, 0) is 97.1 Å². The Kier molecular flexibility index (Phi) is 11.2. The number of nitrogens with one attached hydrogen (secondary N) is 1. The molecule has 9 heteroatoms. The molecule has 0 bridgehead atoms. The van der Waals surface area contributed by atoms with E-state index in [9.17, 15) is 14.4 Å². The van der Waals surface area contributed by atoms with Crippen molar-refractivity contribution in [2.24, 2.45) is 0 Å². The highest BCUT2D eigenvalue weighted by Crippen LogP contribution is 2.29. The maximum Gasteiger partial charge on any atom is 0.261 e. The van der Waals surface area contributed by atoms with E-state index >= 15 is 4.39 Å². The van der Waals surface area contributed by atoms with Crippen molar-refractivity contribution < 1.29 is 23.5 Å². The molecule has 0 radical (unpaired) electrons. The molecule has 0 aliphatic carbocycles. The molecule has 8 nitrogen and oxygen atoms in total. The number of hydrogen-bond acceptors (Lipinski definition) is 5. The number of hydrogen-bond donors (Lipinski definition) is 1. The van der Waals surface area contributed by atoms with Gasteiger partial charge in [0.15, 0.2) is 6.61 Å². The largest absolute Gasteiger partial charge is 0.484 e. The number of nitrogens with zero attached hydrogens (tertiary/aromatic N) is 3. The number of amides is 3. The van der Waals surface area contributed by atoms with E-state index in [1.54, 1.807) is 48.2 Å². The first-order valence-electron chi connectivity index (χ1n) is 15.7. The quantitative estimate of drug-likeness (QED) is 0.315. The van der Waals surface area contributed by atoms with Crippen LogP contribution in [0, 0.1) is 12.7 Å². The fourth-order valence-corrected chi connectivity index (χ4v) is 5.86. The van der Waals surface area contributed by atoms with E-state index in [0.717, 1.165) is 44.6 Å². The molecule has 1 N–H and O–H groups in total. The number of aryl methyl sites for hydroxylation is 1. The Labute approximate surface area is 255 Å². The molecule has 4 rings (SSSR count). The number of anilines is 1. The van der Waals surface area contributed by atoms with Crippen molar-refractivity contribution in [3.63, 3.8) is 0 Å². The molecular weight excluding hydrogens is 547 g/mol. The summed E-state index contributed by atoms with van der Waals surface area (Å²) in [6.45, 7) is 11.2. The van der Waals surface area contributed by atoms with Crippen LogP contribution < -0.4 is 15.0 Å². The van der Waals surface area contributed by atoms with Crippen molar-refractivity contribution in [1.29, 1.82) is 0 Å². The van der Waals surface area contributed by atoms with Gasteiger partial charge in [0, 0.05) is 42.4 Å². The average Bonchev–Trinajstić information content (AvgIpc) is 3.64. The summed E-state index contributed by atoms with van der Waals surface area (Å²) >= 11 is 0. The van der Waals surface area contributed by atoms with Gasteiger partial charge in [-0.25, -0.2) is 4.39 Å². The number of likely N-dealkylation sites (tertiary alicyclic amines) is 1. The lowest BCUT2D eigenvalue weighted by Crippen LogP contribution is -2.50. The monoisotopic (exact) mass is 594 g/mol.